The molecule has 3 aromatic rings. The Morgan fingerprint density at radius 2 is 1.73 bits per heavy atom. The number of anilines is 2. The summed E-state index contributed by atoms with van der Waals surface area (Å²) in [4.78, 5) is 35.1. The minimum atomic E-state index is -4.63. The van der Waals surface area contributed by atoms with Gasteiger partial charge in [-0.05, 0) is 96.2 Å². The van der Waals surface area contributed by atoms with Gasteiger partial charge in [0.15, 0.2) is 0 Å². The molecule has 1 aromatic carbocycles. The van der Waals surface area contributed by atoms with Gasteiger partial charge in [0.25, 0.3) is 0 Å². The molecule has 2 saturated heterocycles. The fourth-order valence-electron chi connectivity index (χ4n) is 8.15. The molecule has 6 rings (SSSR count). The highest BCUT2D eigenvalue weighted by atomic mass is 19.4. The average Bonchev–Trinajstić information content (AvgIpc) is 3.44. The Labute approximate surface area is 327 Å². The predicted molar refractivity (Wildman–Crippen MR) is 206 cm³/mol. The van der Waals surface area contributed by atoms with E-state index in [1.807, 2.05) is 82.8 Å². The van der Waals surface area contributed by atoms with Crippen LogP contribution in [-0.2, 0) is 30.3 Å². The van der Waals surface area contributed by atoms with E-state index < -0.39 is 29.4 Å². The maximum atomic E-state index is 15.0. The maximum absolute atomic E-state index is 15.0. The summed E-state index contributed by atoms with van der Waals surface area (Å²) in [6.07, 6.45) is -5.05. The summed E-state index contributed by atoms with van der Waals surface area (Å²) in [5.74, 6) is 0.931. The Morgan fingerprint density at radius 3 is 2.34 bits per heavy atom. The number of nitrogens with zero attached hydrogens (tertiary/aromatic N) is 7. The predicted octanol–water partition coefficient (Wildman–Crippen LogP) is 7.23. The number of likely N-dealkylation sites (N-methyl/N-ethyl adjacent to an activating group) is 1. The Morgan fingerprint density at radius 1 is 1.02 bits per heavy atom. The lowest BCUT2D eigenvalue weighted by atomic mass is 9.75. The van der Waals surface area contributed by atoms with Crippen molar-refractivity contribution in [3.8, 4) is 11.8 Å². The van der Waals surface area contributed by atoms with Gasteiger partial charge in [0.1, 0.15) is 35.8 Å². The first kappa shape index (κ1) is 41.2. The fraction of sp³-hybridized carbons (Fsp3) is 0.610. The van der Waals surface area contributed by atoms with E-state index in [2.05, 4.69) is 4.90 Å². The molecule has 2 unspecified atom stereocenters. The summed E-state index contributed by atoms with van der Waals surface area (Å²) in [7, 11) is 5.26. The number of benzene rings is 1. The second-order valence-corrected chi connectivity index (χ2v) is 16.7. The molecule has 15 heteroatoms. The van der Waals surface area contributed by atoms with Gasteiger partial charge >= 0.3 is 18.3 Å². The van der Waals surface area contributed by atoms with Crippen molar-refractivity contribution in [3.63, 3.8) is 0 Å². The molecule has 3 aliphatic rings. The number of hydrogen-bond acceptors (Lipinski definition) is 10. The molecular formula is C41H55F4N7O4. The number of methoxy groups -OCH3 is 1. The maximum Gasteiger partial charge on any atom is 0.418 e. The number of alkyl halides is 4. The van der Waals surface area contributed by atoms with E-state index in [1.165, 1.54) is 13.0 Å². The molecule has 0 bridgehead atoms. The van der Waals surface area contributed by atoms with Gasteiger partial charge in [-0.25, -0.2) is 14.2 Å². The van der Waals surface area contributed by atoms with Crippen LogP contribution in [0.15, 0.2) is 30.3 Å². The van der Waals surface area contributed by atoms with E-state index in [4.69, 9.17) is 29.2 Å². The quantitative estimate of drug-likeness (QED) is 0.207. The molecule has 1 amide bonds. The highest BCUT2D eigenvalue weighted by Crippen LogP contribution is 2.46. The van der Waals surface area contributed by atoms with Crippen molar-refractivity contribution < 1.29 is 36.6 Å². The summed E-state index contributed by atoms with van der Waals surface area (Å²) < 4.78 is 76.2. The molecular weight excluding hydrogens is 730 g/mol. The first-order valence-electron chi connectivity index (χ1n) is 19.4. The van der Waals surface area contributed by atoms with Crippen molar-refractivity contribution >= 4 is 17.7 Å². The number of carbonyl (C=O) groups excluding carboxylic acids is 1. The average molecular weight is 786 g/mol. The number of rotatable bonds is 9. The van der Waals surface area contributed by atoms with Crippen LogP contribution in [0.2, 0.25) is 0 Å². The van der Waals surface area contributed by atoms with Crippen LogP contribution < -0.4 is 19.3 Å². The lowest BCUT2D eigenvalue weighted by Gasteiger charge is -2.42. The fourth-order valence-corrected chi connectivity index (χ4v) is 8.15. The Balaban J connectivity index is 1.35. The number of aromatic nitrogens is 3. The summed E-state index contributed by atoms with van der Waals surface area (Å²) in [6, 6.07) is 8.80. The van der Waals surface area contributed by atoms with Gasteiger partial charge in [-0.1, -0.05) is 19.1 Å². The molecule has 2 aliphatic heterocycles. The summed E-state index contributed by atoms with van der Waals surface area (Å²) in [5.41, 5.74) is 1.15. The highest BCUT2D eigenvalue weighted by molar-refractivity contribution is 5.69. The Hall–Kier alpha value is -4.40. The number of halogens is 4. The molecule has 306 valence electrons. The molecule has 2 fully saturated rings. The molecule has 56 heavy (non-hydrogen) atoms. The molecule has 0 radical (unpaired) electrons. The molecule has 0 N–H and O–H groups in total. The van der Waals surface area contributed by atoms with E-state index in [0.717, 1.165) is 11.1 Å². The van der Waals surface area contributed by atoms with Crippen LogP contribution in [0.4, 0.5) is 34.0 Å². The first-order valence-corrected chi connectivity index (χ1v) is 19.4. The van der Waals surface area contributed by atoms with Crippen LogP contribution in [0.5, 0.6) is 11.8 Å². The largest absolute Gasteiger partial charge is 0.497 e. The van der Waals surface area contributed by atoms with Crippen molar-refractivity contribution in [2.45, 2.75) is 103 Å². The third kappa shape index (κ3) is 9.24. The standard InChI is InChI=1S/C41H55F4N7O4/c1-24-16-32-33(19-31(24)36-35(41(43,44)45)25(2)17-34(47-36)50(8)21-27-10-12-30(54-9)13-11-27)46-38(55-23-29-18-28(42)22-49(29)7)48-37(32)52-15-14-51(20-26(52)3)39(53)56-40(4,5)6/h10-13,17,24,26,28-29,31H,14-16,18-23H2,1-9H3/t24?,26-,28+,29-,31?/m0/s1. The highest BCUT2D eigenvalue weighted by Gasteiger charge is 2.43. The van der Waals surface area contributed by atoms with Gasteiger partial charge in [-0.3, -0.25) is 4.90 Å². The van der Waals surface area contributed by atoms with E-state index in [9.17, 15) is 22.4 Å². The van der Waals surface area contributed by atoms with Crippen molar-refractivity contribution in [3.05, 3.63) is 64.0 Å². The second kappa shape index (κ2) is 16.2. The Kier molecular flexibility index (Phi) is 11.9. The minimum absolute atomic E-state index is 0.00391. The molecule has 4 heterocycles. The summed E-state index contributed by atoms with van der Waals surface area (Å²) in [5, 5.41) is 0. The molecule has 1 aliphatic carbocycles. The van der Waals surface area contributed by atoms with Gasteiger partial charge in [0, 0.05) is 63.3 Å². The van der Waals surface area contributed by atoms with Crippen LogP contribution in [0.3, 0.4) is 0 Å². The third-order valence-corrected chi connectivity index (χ3v) is 11.1. The number of hydrogen-bond donors (Lipinski definition) is 0. The van der Waals surface area contributed by atoms with Crippen molar-refractivity contribution in [1.29, 1.82) is 0 Å². The lowest BCUT2D eigenvalue weighted by Crippen LogP contribution is -2.55. The number of piperazine rings is 1. The van der Waals surface area contributed by atoms with Crippen LogP contribution in [0.25, 0.3) is 0 Å². The molecule has 11 nitrogen and oxygen atoms in total. The SMILES string of the molecule is COc1ccc(CN(C)c2cc(C)c(C(F)(F)F)c(C3Cc4nc(OC[C@@H]5C[C@@H](F)CN5C)nc(N5CCN(C(=O)OC(C)(C)C)C[C@@H]5C)c4CC3C)n2)cc1. The number of pyridine rings is 1. The van der Waals surface area contributed by atoms with Gasteiger partial charge in [-0.2, -0.15) is 23.1 Å². The number of carbonyl (C=O) groups is 1. The van der Waals surface area contributed by atoms with Crippen LogP contribution in [0.1, 0.15) is 80.6 Å². The first-order chi connectivity index (χ1) is 26.3. The normalized spacial score (nSPS) is 23.2. The van der Waals surface area contributed by atoms with Crippen LogP contribution >= 0.6 is 0 Å². The number of likely N-dealkylation sites (tertiary alicyclic amines) is 1. The minimum Gasteiger partial charge on any atom is -0.497 e. The van der Waals surface area contributed by atoms with Gasteiger partial charge < -0.3 is 28.9 Å². The number of aryl methyl sites for hydroxylation is 1. The zero-order valence-corrected chi connectivity index (χ0v) is 33.9. The monoisotopic (exact) mass is 785 g/mol. The van der Waals surface area contributed by atoms with E-state index in [0.29, 0.717) is 68.6 Å². The van der Waals surface area contributed by atoms with Crippen molar-refractivity contribution in [2.24, 2.45) is 5.92 Å². The van der Waals surface area contributed by atoms with Gasteiger partial charge in [0.05, 0.1) is 24.1 Å². The van der Waals surface area contributed by atoms with Crippen molar-refractivity contribution in [1.82, 2.24) is 24.8 Å². The Bertz CT molecular complexity index is 1870. The van der Waals surface area contributed by atoms with E-state index >= 15 is 0 Å². The summed E-state index contributed by atoms with van der Waals surface area (Å²) in [6.45, 7) is 13.1. The van der Waals surface area contributed by atoms with E-state index in [1.54, 1.807) is 12.0 Å². The van der Waals surface area contributed by atoms with E-state index in [-0.39, 0.29) is 54.4 Å². The third-order valence-electron chi connectivity index (χ3n) is 11.1. The number of amides is 1. The second-order valence-electron chi connectivity index (χ2n) is 16.7. The molecule has 0 saturated carbocycles. The molecule has 0 spiro atoms. The topological polar surface area (TPSA) is 96.4 Å². The number of ether oxygens (including phenoxy) is 3. The van der Waals surface area contributed by atoms with Gasteiger partial charge in [-0.15, -0.1) is 0 Å². The molecule has 5 atom stereocenters. The van der Waals surface area contributed by atoms with Crippen LogP contribution in [0, 0.1) is 12.8 Å². The zero-order chi connectivity index (χ0) is 40.7. The summed E-state index contributed by atoms with van der Waals surface area (Å²) >= 11 is 0. The molecule has 2 aromatic heterocycles. The lowest BCUT2D eigenvalue weighted by molar-refractivity contribution is -0.139. The van der Waals surface area contributed by atoms with Crippen LogP contribution in [-0.4, -0.2) is 109 Å². The zero-order valence-electron chi connectivity index (χ0n) is 33.9. The smallest absolute Gasteiger partial charge is 0.418 e. The number of fused-ring (bicyclic) bond motifs is 1. The van der Waals surface area contributed by atoms with Crippen molar-refractivity contribution in [2.75, 3.05) is 63.8 Å². The van der Waals surface area contributed by atoms with Gasteiger partial charge in [0.2, 0.25) is 0 Å².